The minimum absolute atomic E-state index is 0.0863. The summed E-state index contributed by atoms with van der Waals surface area (Å²) in [5.41, 5.74) is 8.01. The summed E-state index contributed by atoms with van der Waals surface area (Å²) < 4.78 is 1.23. The van der Waals surface area contributed by atoms with Crippen molar-refractivity contribution in [3.63, 3.8) is 0 Å². The summed E-state index contributed by atoms with van der Waals surface area (Å²) in [6, 6.07) is 19.7. The minimum Gasteiger partial charge on any atom is -0.366 e. The van der Waals surface area contributed by atoms with Gasteiger partial charge in [-0.25, -0.2) is 9.97 Å². The zero-order valence-corrected chi connectivity index (χ0v) is 16.6. The number of nitrogens with two attached hydrogens (primary N) is 1. The first kappa shape index (κ1) is 19.0. The van der Waals surface area contributed by atoms with E-state index in [1.807, 2.05) is 42.5 Å². The van der Waals surface area contributed by atoms with E-state index in [1.165, 1.54) is 16.4 Å². The summed E-state index contributed by atoms with van der Waals surface area (Å²) in [6.45, 7) is 1.44. The first-order valence-electron chi connectivity index (χ1n) is 9.31. The molecule has 146 valence electrons. The number of nitrogens with zero attached hydrogens (tertiary/aromatic N) is 2. The smallest absolute Gasteiger partial charge is 0.251 e. The first-order chi connectivity index (χ1) is 14.2. The zero-order chi connectivity index (χ0) is 20.1. The highest BCUT2D eigenvalue weighted by molar-refractivity contribution is 7.19. The van der Waals surface area contributed by atoms with Crippen molar-refractivity contribution >= 4 is 33.1 Å². The third kappa shape index (κ3) is 4.77. The van der Waals surface area contributed by atoms with Gasteiger partial charge >= 0.3 is 0 Å². The lowest BCUT2D eigenvalue weighted by Crippen LogP contribution is -2.22. The molecule has 0 bridgehead atoms. The fourth-order valence-electron chi connectivity index (χ4n) is 3.01. The van der Waals surface area contributed by atoms with E-state index in [0.717, 1.165) is 16.1 Å². The molecule has 6 nitrogen and oxygen atoms in total. The van der Waals surface area contributed by atoms with Gasteiger partial charge in [-0.1, -0.05) is 30.3 Å². The van der Waals surface area contributed by atoms with Gasteiger partial charge in [0.25, 0.3) is 5.91 Å². The van der Waals surface area contributed by atoms with Crippen molar-refractivity contribution in [2.45, 2.75) is 19.6 Å². The predicted molar refractivity (Wildman–Crippen MR) is 117 cm³/mol. The number of nitrogens with one attached hydrogen (secondary N) is 2. The van der Waals surface area contributed by atoms with Crippen molar-refractivity contribution in [3.05, 3.63) is 88.7 Å². The molecule has 0 fully saturated rings. The zero-order valence-electron chi connectivity index (χ0n) is 15.8. The Kier molecular flexibility index (Phi) is 5.79. The van der Waals surface area contributed by atoms with E-state index >= 15 is 0 Å². The highest BCUT2D eigenvalue weighted by atomic mass is 32.1. The Bertz CT molecular complexity index is 1110. The second-order valence-electron chi connectivity index (χ2n) is 6.59. The van der Waals surface area contributed by atoms with Crippen molar-refractivity contribution in [1.29, 1.82) is 0 Å². The molecule has 4 rings (SSSR count). The van der Waals surface area contributed by atoms with Gasteiger partial charge in [-0.15, -0.1) is 11.3 Å². The molecule has 0 spiro atoms. The lowest BCUT2D eigenvalue weighted by atomic mass is 10.1. The maximum atomic E-state index is 12.6. The molecule has 0 aliphatic rings. The van der Waals surface area contributed by atoms with Crippen LogP contribution in [0.5, 0.6) is 0 Å². The van der Waals surface area contributed by atoms with Crippen LogP contribution in [0.15, 0.2) is 67.0 Å². The Hall–Kier alpha value is -3.29. The molecule has 2 heterocycles. The van der Waals surface area contributed by atoms with Crippen molar-refractivity contribution < 1.29 is 4.79 Å². The first-order valence-corrected chi connectivity index (χ1v) is 10.1. The molecule has 4 N–H and O–H groups in total. The molecule has 0 atom stereocenters. The summed E-state index contributed by atoms with van der Waals surface area (Å²) in [6.07, 6.45) is 1.49. The van der Waals surface area contributed by atoms with E-state index < -0.39 is 0 Å². The van der Waals surface area contributed by atoms with Crippen LogP contribution in [0.25, 0.3) is 10.1 Å². The lowest BCUT2D eigenvalue weighted by Gasteiger charge is -2.08. The standard InChI is InChI=1S/C22H21N5OS/c23-11-18-10-21(27-14-26-18)24-12-15-4-3-6-17(8-15)22(28)25-13-19-9-16-5-1-2-7-20(16)29-19/h1-10,14H,11-13,23H2,(H,25,28)(H,24,26,27). The fraction of sp³-hybridized carbons (Fsp3) is 0.136. The second-order valence-corrected chi connectivity index (χ2v) is 7.75. The van der Waals surface area contributed by atoms with Crippen LogP contribution in [-0.4, -0.2) is 15.9 Å². The van der Waals surface area contributed by atoms with Crippen molar-refractivity contribution in [1.82, 2.24) is 15.3 Å². The number of anilines is 1. The van der Waals surface area contributed by atoms with Crippen LogP contribution in [0.2, 0.25) is 0 Å². The molecule has 4 aromatic rings. The molecule has 29 heavy (non-hydrogen) atoms. The molecule has 0 saturated heterocycles. The number of aromatic nitrogens is 2. The number of carbonyl (C=O) groups excluding carboxylic acids is 1. The quantitative estimate of drug-likeness (QED) is 0.438. The van der Waals surface area contributed by atoms with Crippen molar-refractivity contribution in [2.75, 3.05) is 5.32 Å². The van der Waals surface area contributed by atoms with Gasteiger partial charge in [-0.3, -0.25) is 4.79 Å². The number of benzene rings is 2. The number of hydrogen-bond donors (Lipinski definition) is 3. The Morgan fingerprint density at radius 3 is 2.76 bits per heavy atom. The largest absolute Gasteiger partial charge is 0.366 e. The van der Waals surface area contributed by atoms with E-state index in [2.05, 4.69) is 38.8 Å². The van der Waals surface area contributed by atoms with E-state index in [-0.39, 0.29) is 5.91 Å². The molecule has 1 amide bonds. The van der Waals surface area contributed by atoms with Gasteiger partial charge in [0.2, 0.25) is 0 Å². The number of hydrogen-bond acceptors (Lipinski definition) is 6. The molecule has 2 aromatic carbocycles. The van der Waals surface area contributed by atoms with Crippen molar-refractivity contribution in [2.24, 2.45) is 5.73 Å². The molecule has 0 unspecified atom stereocenters. The Morgan fingerprint density at radius 2 is 1.90 bits per heavy atom. The average Bonchev–Trinajstić information content (AvgIpc) is 3.19. The van der Waals surface area contributed by atoms with Crippen LogP contribution in [0, 0.1) is 0 Å². The van der Waals surface area contributed by atoms with Crippen molar-refractivity contribution in [3.8, 4) is 0 Å². The maximum absolute atomic E-state index is 12.6. The molecule has 0 saturated carbocycles. The number of carbonyl (C=O) groups is 1. The van der Waals surface area contributed by atoms with Gasteiger partial charge in [-0.05, 0) is 35.2 Å². The van der Waals surface area contributed by atoms with E-state index in [4.69, 9.17) is 5.73 Å². The maximum Gasteiger partial charge on any atom is 0.251 e. The molecule has 7 heteroatoms. The van der Waals surface area contributed by atoms with E-state index in [9.17, 15) is 4.79 Å². The van der Waals surface area contributed by atoms with Crippen LogP contribution >= 0.6 is 11.3 Å². The number of fused-ring (bicyclic) bond motifs is 1. The molecule has 0 radical (unpaired) electrons. The summed E-state index contributed by atoms with van der Waals surface area (Å²) in [4.78, 5) is 22.0. The van der Waals surface area contributed by atoms with Crippen LogP contribution in [0.3, 0.4) is 0 Å². The summed E-state index contributed by atoms with van der Waals surface area (Å²) in [5.74, 6) is 0.622. The fourth-order valence-corrected chi connectivity index (χ4v) is 4.02. The van der Waals surface area contributed by atoms with Crippen LogP contribution in [0.4, 0.5) is 5.82 Å². The van der Waals surface area contributed by atoms with Gasteiger partial charge in [-0.2, -0.15) is 0 Å². The average molecular weight is 404 g/mol. The summed E-state index contributed by atoms with van der Waals surface area (Å²) >= 11 is 1.70. The topological polar surface area (TPSA) is 92.9 Å². The number of rotatable bonds is 7. The van der Waals surface area contributed by atoms with Gasteiger partial charge in [0.1, 0.15) is 12.1 Å². The Balaban J connectivity index is 1.37. The SMILES string of the molecule is NCc1cc(NCc2cccc(C(=O)NCc3cc4ccccc4s3)c2)ncn1. The van der Waals surface area contributed by atoms with E-state index in [0.29, 0.717) is 31.0 Å². The molecular weight excluding hydrogens is 382 g/mol. The summed E-state index contributed by atoms with van der Waals surface area (Å²) in [5, 5.41) is 7.45. The minimum atomic E-state index is -0.0863. The third-order valence-electron chi connectivity index (χ3n) is 4.50. The van der Waals surface area contributed by atoms with Gasteiger partial charge in [0.05, 0.1) is 12.2 Å². The third-order valence-corrected chi connectivity index (χ3v) is 5.61. The molecule has 0 aliphatic carbocycles. The number of thiophene rings is 1. The molecule has 2 aromatic heterocycles. The van der Waals surface area contributed by atoms with Gasteiger partial charge in [0, 0.05) is 34.3 Å². The van der Waals surface area contributed by atoms with Gasteiger partial charge < -0.3 is 16.4 Å². The lowest BCUT2D eigenvalue weighted by molar-refractivity contribution is 0.0951. The highest BCUT2D eigenvalue weighted by Gasteiger charge is 2.08. The predicted octanol–water partition coefficient (Wildman–Crippen LogP) is 3.69. The van der Waals surface area contributed by atoms with Crippen LogP contribution in [0.1, 0.15) is 26.5 Å². The Morgan fingerprint density at radius 1 is 1.00 bits per heavy atom. The molecular formula is C22H21N5OS. The Labute approximate surface area is 172 Å². The number of amides is 1. The molecule has 0 aliphatic heterocycles. The van der Waals surface area contributed by atoms with E-state index in [1.54, 1.807) is 11.3 Å². The summed E-state index contributed by atoms with van der Waals surface area (Å²) in [7, 11) is 0. The normalized spacial score (nSPS) is 10.8. The van der Waals surface area contributed by atoms with Crippen LogP contribution in [-0.2, 0) is 19.6 Å². The highest BCUT2D eigenvalue weighted by Crippen LogP contribution is 2.25. The second kappa shape index (κ2) is 8.81. The monoisotopic (exact) mass is 403 g/mol. The van der Waals surface area contributed by atoms with Crippen LogP contribution < -0.4 is 16.4 Å². The van der Waals surface area contributed by atoms with Gasteiger partial charge in [0.15, 0.2) is 0 Å².